The number of alkyl halides is 3. The summed E-state index contributed by atoms with van der Waals surface area (Å²) in [4.78, 5) is 32.6. The molecule has 3 rings (SSSR count). The Kier molecular flexibility index (Phi) is 7.69. The predicted molar refractivity (Wildman–Crippen MR) is 111 cm³/mol. The van der Waals surface area contributed by atoms with Crippen LogP contribution in [0.25, 0.3) is 31.9 Å². The number of carbonyl (C=O) groups is 2. The van der Waals surface area contributed by atoms with E-state index in [1.165, 1.54) is 24.3 Å². The van der Waals surface area contributed by atoms with Crippen LogP contribution in [0.1, 0.15) is 26.1 Å². The van der Waals surface area contributed by atoms with Gasteiger partial charge in [-0.2, -0.15) is 13.2 Å². The van der Waals surface area contributed by atoms with E-state index in [9.17, 15) is 22.8 Å². The van der Waals surface area contributed by atoms with Gasteiger partial charge in [-0.15, -0.1) is 0 Å². The summed E-state index contributed by atoms with van der Waals surface area (Å²) >= 11 is 0. The van der Waals surface area contributed by atoms with E-state index in [2.05, 4.69) is 25.0 Å². The van der Waals surface area contributed by atoms with Crippen LogP contribution < -0.4 is 0 Å². The first-order valence-electron chi connectivity index (χ1n) is 10.1. The number of ether oxygens (including phenoxy) is 3. The van der Waals surface area contributed by atoms with Crippen LogP contribution in [-0.4, -0.2) is 51.9 Å². The molecule has 1 aliphatic carbocycles. The molecule has 1 saturated carbocycles. The molecule has 2 aromatic rings. The van der Waals surface area contributed by atoms with E-state index < -0.39 is 61.1 Å². The van der Waals surface area contributed by atoms with Gasteiger partial charge in [-0.25, -0.2) is 4.98 Å². The number of hydrogen-bond acceptors (Lipinski definition) is 8. The number of benzene rings is 1. The summed E-state index contributed by atoms with van der Waals surface area (Å²) < 4.78 is 58.0. The van der Waals surface area contributed by atoms with Crippen molar-refractivity contribution in [2.24, 2.45) is 10.2 Å². The summed E-state index contributed by atoms with van der Waals surface area (Å²) in [6.45, 7) is 1.39. The molecule has 186 valence electrons. The number of imidazole rings is 1. The van der Waals surface area contributed by atoms with Crippen LogP contribution in [0.3, 0.4) is 0 Å². The second-order valence-electron chi connectivity index (χ2n) is 7.54. The second kappa shape index (κ2) is 10.5. The Morgan fingerprint density at radius 3 is 2.20 bits per heavy atom. The van der Waals surface area contributed by atoms with Crippen LogP contribution in [0.15, 0.2) is 34.5 Å². The topological polar surface area (TPSA) is 177 Å². The highest BCUT2D eigenvalue weighted by Gasteiger charge is 2.49. The fourth-order valence-electron chi connectivity index (χ4n) is 3.95. The molecule has 1 aromatic carbocycles. The monoisotopic (exact) mass is 496 g/mol. The lowest BCUT2D eigenvalue weighted by molar-refractivity contribution is -0.195. The molecule has 16 heteroatoms. The van der Waals surface area contributed by atoms with Crippen molar-refractivity contribution in [3.63, 3.8) is 0 Å². The minimum Gasteiger partial charge on any atom is -0.458 e. The van der Waals surface area contributed by atoms with Crippen LogP contribution in [-0.2, 0) is 36.7 Å². The molecular formula is C19H19F3N8O5. The lowest BCUT2D eigenvalue weighted by atomic mass is 9.84. The van der Waals surface area contributed by atoms with Gasteiger partial charge in [-0.1, -0.05) is 22.4 Å². The second-order valence-corrected chi connectivity index (χ2v) is 7.54. The normalized spacial score (nSPS) is 24.2. The molecule has 1 aliphatic rings. The largest absolute Gasteiger partial charge is 0.458 e. The van der Waals surface area contributed by atoms with Crippen molar-refractivity contribution >= 4 is 23.0 Å². The van der Waals surface area contributed by atoms with Crippen LogP contribution in [0.2, 0.25) is 0 Å². The number of fused-ring (bicyclic) bond motifs is 1. The highest BCUT2D eigenvalue weighted by Crippen LogP contribution is 2.35. The molecule has 0 aliphatic heterocycles. The molecule has 1 aromatic heterocycles. The SMILES string of the molecule is CC(=O)O[C@@H]1[C@@H](OC(C)=O)[C@H](N=[N+]=[N-])C[C@H](N=[N+]=[N-])[C@H]1OCn1c(C(F)(F)F)nc2ccccc21. The van der Waals surface area contributed by atoms with Gasteiger partial charge in [-0.3, -0.25) is 14.2 Å². The first kappa shape index (κ1) is 25.6. The van der Waals surface area contributed by atoms with Gasteiger partial charge in [0, 0.05) is 23.7 Å². The molecule has 0 unspecified atom stereocenters. The van der Waals surface area contributed by atoms with Crippen molar-refractivity contribution in [2.75, 3.05) is 0 Å². The zero-order valence-electron chi connectivity index (χ0n) is 18.4. The van der Waals surface area contributed by atoms with E-state index in [-0.39, 0.29) is 17.5 Å². The Morgan fingerprint density at radius 1 is 1.06 bits per heavy atom. The fraction of sp³-hybridized carbons (Fsp3) is 0.526. The zero-order valence-corrected chi connectivity index (χ0v) is 18.4. The van der Waals surface area contributed by atoms with Crippen LogP contribution >= 0.6 is 0 Å². The maximum atomic E-state index is 13.7. The van der Waals surface area contributed by atoms with Gasteiger partial charge in [0.25, 0.3) is 0 Å². The van der Waals surface area contributed by atoms with Crippen LogP contribution in [0.4, 0.5) is 13.2 Å². The van der Waals surface area contributed by atoms with Crippen molar-refractivity contribution in [3.8, 4) is 0 Å². The summed E-state index contributed by atoms with van der Waals surface area (Å²) in [7, 11) is 0. The van der Waals surface area contributed by atoms with Crippen LogP contribution in [0.5, 0.6) is 0 Å². The van der Waals surface area contributed by atoms with Gasteiger partial charge in [0.1, 0.15) is 18.9 Å². The number of halogens is 3. The molecular weight excluding hydrogens is 477 g/mol. The smallest absolute Gasteiger partial charge is 0.449 e. The fourth-order valence-corrected chi connectivity index (χ4v) is 3.95. The molecule has 13 nitrogen and oxygen atoms in total. The van der Waals surface area contributed by atoms with E-state index in [4.69, 9.17) is 25.3 Å². The number of rotatable bonds is 7. The number of hydrogen-bond donors (Lipinski definition) is 0. The van der Waals surface area contributed by atoms with Gasteiger partial charge in [0.2, 0.25) is 5.82 Å². The van der Waals surface area contributed by atoms with Crippen molar-refractivity contribution in [1.82, 2.24) is 9.55 Å². The van der Waals surface area contributed by atoms with E-state index in [1.54, 1.807) is 0 Å². The molecule has 0 bridgehead atoms. The van der Waals surface area contributed by atoms with Gasteiger partial charge >= 0.3 is 18.1 Å². The van der Waals surface area contributed by atoms with E-state index in [0.29, 0.717) is 0 Å². The van der Waals surface area contributed by atoms with Gasteiger partial charge < -0.3 is 14.2 Å². The van der Waals surface area contributed by atoms with Gasteiger partial charge in [0.15, 0.2) is 6.10 Å². The van der Waals surface area contributed by atoms with E-state index in [0.717, 1.165) is 18.4 Å². The molecule has 5 atom stereocenters. The number of nitrogens with zero attached hydrogens (tertiary/aromatic N) is 8. The maximum absolute atomic E-state index is 13.7. The highest BCUT2D eigenvalue weighted by atomic mass is 19.4. The third kappa shape index (κ3) is 5.74. The Balaban J connectivity index is 2.04. The standard InChI is InChI=1S/C19H19F3N8O5/c1-9(31)34-16-13(27-29-24)7-12(26-28-23)15(17(16)35-10(2)32)33-8-30-14-6-4-3-5-11(14)25-18(30)19(20,21)22/h3-6,12-13,15-17H,7-8H2,1-2H3/t12-,13+,15+,16-,17-/m0/s1. The lowest BCUT2D eigenvalue weighted by Crippen LogP contribution is -2.58. The molecule has 0 spiro atoms. The molecule has 35 heavy (non-hydrogen) atoms. The summed E-state index contributed by atoms with van der Waals surface area (Å²) in [5.41, 5.74) is 18.1. The summed E-state index contributed by atoms with van der Waals surface area (Å²) in [6, 6.07) is 3.60. The van der Waals surface area contributed by atoms with Gasteiger partial charge in [0.05, 0.1) is 23.1 Å². The molecule has 0 saturated heterocycles. The lowest BCUT2D eigenvalue weighted by Gasteiger charge is -2.42. The first-order chi connectivity index (χ1) is 16.6. The van der Waals surface area contributed by atoms with E-state index in [1.807, 2.05) is 0 Å². The molecule has 0 radical (unpaired) electrons. The first-order valence-corrected chi connectivity index (χ1v) is 10.1. The minimum atomic E-state index is -4.82. The van der Waals surface area contributed by atoms with Crippen molar-refractivity contribution in [2.45, 2.75) is 63.6 Å². The Hall–Kier alpha value is -4.00. The van der Waals surface area contributed by atoms with Crippen LogP contribution in [0, 0.1) is 0 Å². The number of para-hydroxylation sites is 2. The van der Waals surface area contributed by atoms with Crippen molar-refractivity contribution in [3.05, 3.63) is 51.0 Å². The molecule has 1 heterocycles. The van der Waals surface area contributed by atoms with Crippen molar-refractivity contribution in [1.29, 1.82) is 0 Å². The Morgan fingerprint density at radius 2 is 1.63 bits per heavy atom. The molecule has 0 N–H and O–H groups in total. The summed E-state index contributed by atoms with van der Waals surface area (Å²) in [6.07, 6.45) is -9.16. The maximum Gasteiger partial charge on any atom is 0.449 e. The third-order valence-electron chi connectivity index (χ3n) is 5.20. The average molecular weight is 496 g/mol. The predicted octanol–water partition coefficient (Wildman–Crippen LogP) is 4.02. The molecule has 0 amide bonds. The molecule has 1 fully saturated rings. The third-order valence-corrected chi connectivity index (χ3v) is 5.20. The number of esters is 2. The summed E-state index contributed by atoms with van der Waals surface area (Å²) in [5.74, 6) is -2.88. The number of aromatic nitrogens is 2. The van der Waals surface area contributed by atoms with Crippen molar-refractivity contribution < 1.29 is 37.0 Å². The summed E-state index contributed by atoms with van der Waals surface area (Å²) in [5, 5.41) is 7.14. The quantitative estimate of drug-likeness (QED) is 0.242. The average Bonchev–Trinajstić information content (AvgIpc) is 3.15. The van der Waals surface area contributed by atoms with Gasteiger partial charge in [-0.05, 0) is 29.6 Å². The Labute approximate surface area is 195 Å². The Bertz CT molecular complexity index is 1200. The number of carbonyl (C=O) groups excluding carboxylic acids is 2. The number of azide groups is 2. The highest BCUT2D eigenvalue weighted by molar-refractivity contribution is 5.76. The zero-order chi connectivity index (χ0) is 25.8. The minimum absolute atomic E-state index is 0.0661. The van der Waals surface area contributed by atoms with E-state index >= 15 is 0 Å².